The third-order valence-corrected chi connectivity index (χ3v) is 4.76. The van der Waals surface area contributed by atoms with Gasteiger partial charge >= 0.3 is 6.18 Å². The first-order valence-electron chi connectivity index (χ1n) is 7.93. The third-order valence-electron chi connectivity index (χ3n) is 4.76. The molecule has 0 bridgehead atoms. The van der Waals surface area contributed by atoms with E-state index in [0.29, 0.717) is 19.4 Å². The van der Waals surface area contributed by atoms with Gasteiger partial charge in [-0.1, -0.05) is 12.3 Å². The molecule has 0 aromatic rings. The van der Waals surface area contributed by atoms with Crippen LogP contribution in [0.25, 0.3) is 0 Å². The van der Waals surface area contributed by atoms with E-state index in [1.807, 2.05) is 0 Å². The molecule has 1 saturated carbocycles. The molecule has 1 aliphatic carbocycles. The van der Waals surface area contributed by atoms with Crippen molar-refractivity contribution in [2.75, 3.05) is 19.6 Å². The number of nitrogens with one attached hydrogen (secondary N) is 1. The van der Waals surface area contributed by atoms with Gasteiger partial charge < -0.3 is 5.32 Å². The fourth-order valence-corrected chi connectivity index (χ4v) is 3.42. The number of piperidine rings is 1. The lowest BCUT2D eigenvalue weighted by molar-refractivity contribution is -0.184. The molecule has 1 heterocycles. The van der Waals surface area contributed by atoms with Crippen LogP contribution in [0.5, 0.6) is 0 Å². The average molecular weight is 316 g/mol. The lowest BCUT2D eigenvalue weighted by Crippen LogP contribution is -2.46. The van der Waals surface area contributed by atoms with Crippen molar-refractivity contribution >= 4 is 5.91 Å². The van der Waals surface area contributed by atoms with E-state index in [-0.39, 0.29) is 30.7 Å². The van der Waals surface area contributed by atoms with Gasteiger partial charge in [0.05, 0.1) is 12.5 Å². The Morgan fingerprint density at radius 2 is 1.91 bits per heavy atom. The smallest absolute Gasteiger partial charge is 0.353 e. The zero-order valence-corrected chi connectivity index (χ0v) is 12.7. The van der Waals surface area contributed by atoms with Crippen molar-refractivity contribution in [3.05, 3.63) is 0 Å². The second-order valence-corrected chi connectivity index (χ2v) is 6.37. The van der Waals surface area contributed by atoms with Gasteiger partial charge in [0.1, 0.15) is 0 Å². The van der Waals surface area contributed by atoms with E-state index >= 15 is 0 Å². The van der Waals surface area contributed by atoms with Crippen molar-refractivity contribution in [2.24, 2.45) is 11.8 Å². The summed E-state index contributed by atoms with van der Waals surface area (Å²) in [5.74, 6) is 1.12. The van der Waals surface area contributed by atoms with Crippen LogP contribution in [0, 0.1) is 24.2 Å². The van der Waals surface area contributed by atoms with Gasteiger partial charge in [-0.25, -0.2) is 0 Å². The van der Waals surface area contributed by atoms with E-state index in [4.69, 9.17) is 6.42 Å². The first-order valence-corrected chi connectivity index (χ1v) is 7.93. The Morgan fingerprint density at radius 3 is 2.50 bits per heavy atom. The summed E-state index contributed by atoms with van der Waals surface area (Å²) in [4.78, 5) is 14.4. The van der Waals surface area contributed by atoms with Crippen LogP contribution in [0.15, 0.2) is 0 Å². The third kappa shape index (κ3) is 4.64. The first-order chi connectivity index (χ1) is 10.4. The molecule has 1 N–H and O–H groups in total. The summed E-state index contributed by atoms with van der Waals surface area (Å²) in [6, 6.07) is -0.336. The summed E-state index contributed by atoms with van der Waals surface area (Å²) < 4.78 is 38.4. The quantitative estimate of drug-likeness (QED) is 0.812. The van der Waals surface area contributed by atoms with Gasteiger partial charge in [-0.05, 0) is 45.2 Å². The molecule has 2 aliphatic rings. The summed E-state index contributed by atoms with van der Waals surface area (Å²) in [6.07, 6.45) is 3.93. The molecule has 2 fully saturated rings. The summed E-state index contributed by atoms with van der Waals surface area (Å²) in [7, 11) is 0. The summed E-state index contributed by atoms with van der Waals surface area (Å²) in [5.41, 5.74) is 0. The molecule has 22 heavy (non-hydrogen) atoms. The van der Waals surface area contributed by atoms with Crippen LogP contribution < -0.4 is 5.32 Å². The number of terminal acetylenes is 1. The lowest BCUT2D eigenvalue weighted by atomic mass is 9.84. The molecule has 124 valence electrons. The average Bonchev–Trinajstić information content (AvgIpc) is 2.48. The molecule has 3 nitrogen and oxygen atoms in total. The minimum Gasteiger partial charge on any atom is -0.353 e. The minimum atomic E-state index is -4.15. The van der Waals surface area contributed by atoms with Crippen molar-refractivity contribution in [1.82, 2.24) is 10.2 Å². The van der Waals surface area contributed by atoms with Crippen LogP contribution >= 0.6 is 0 Å². The van der Waals surface area contributed by atoms with Gasteiger partial charge in [0, 0.05) is 12.0 Å². The zero-order chi connectivity index (χ0) is 16.2. The normalized spacial score (nSPS) is 28.1. The fourth-order valence-electron chi connectivity index (χ4n) is 3.42. The van der Waals surface area contributed by atoms with Crippen molar-refractivity contribution in [1.29, 1.82) is 0 Å². The molecule has 2 atom stereocenters. The predicted molar refractivity (Wildman–Crippen MR) is 77.9 cm³/mol. The Labute approximate surface area is 129 Å². The zero-order valence-electron chi connectivity index (χ0n) is 12.7. The highest BCUT2D eigenvalue weighted by Gasteiger charge is 2.42. The maximum Gasteiger partial charge on any atom is 0.391 e. The van der Waals surface area contributed by atoms with Crippen LogP contribution in [0.2, 0.25) is 0 Å². The molecule has 1 saturated heterocycles. The number of hydrogen-bond acceptors (Lipinski definition) is 2. The van der Waals surface area contributed by atoms with Gasteiger partial charge in [0.15, 0.2) is 0 Å². The number of hydrogen-bond donors (Lipinski definition) is 1. The maximum atomic E-state index is 12.8. The molecule has 0 unspecified atom stereocenters. The lowest BCUT2D eigenvalue weighted by Gasteiger charge is -2.34. The van der Waals surface area contributed by atoms with Crippen molar-refractivity contribution in [2.45, 2.75) is 50.7 Å². The molecule has 2 rings (SSSR count). The number of likely N-dealkylation sites (tertiary alicyclic amines) is 1. The van der Waals surface area contributed by atoms with E-state index in [0.717, 1.165) is 25.9 Å². The second-order valence-electron chi connectivity index (χ2n) is 6.37. The van der Waals surface area contributed by atoms with Crippen LogP contribution in [-0.4, -0.2) is 42.7 Å². The largest absolute Gasteiger partial charge is 0.391 e. The standard InChI is InChI=1S/C16H23F3N2O/c1-2-8-21-9-6-12(7-10-21)15(22)20-14-5-3-4-13(11-14)16(17,18)19/h1,12-14H,3-11H2,(H,20,22)/t13-,14-/m1/s1. The highest BCUT2D eigenvalue weighted by molar-refractivity contribution is 5.79. The number of rotatable bonds is 3. The van der Waals surface area contributed by atoms with Gasteiger partial charge in [-0.2, -0.15) is 13.2 Å². The van der Waals surface area contributed by atoms with Crippen LogP contribution in [0.3, 0.4) is 0 Å². The second kappa shape index (κ2) is 7.36. The SMILES string of the molecule is C#CCN1CCC(C(=O)N[C@@H]2CCC[C@@H](C(F)(F)F)C2)CC1. The predicted octanol–water partition coefficient (Wildman–Crippen LogP) is 2.57. The minimum absolute atomic E-state index is 0.0190. The Hall–Kier alpha value is -1.22. The topological polar surface area (TPSA) is 32.3 Å². The Morgan fingerprint density at radius 1 is 1.23 bits per heavy atom. The van der Waals surface area contributed by atoms with Crippen molar-refractivity contribution in [3.63, 3.8) is 0 Å². The van der Waals surface area contributed by atoms with E-state index in [1.54, 1.807) is 0 Å². The summed E-state index contributed by atoms with van der Waals surface area (Å²) in [6.45, 7) is 2.14. The molecule has 0 aromatic carbocycles. The van der Waals surface area contributed by atoms with Crippen molar-refractivity contribution < 1.29 is 18.0 Å². The fraction of sp³-hybridized carbons (Fsp3) is 0.812. The van der Waals surface area contributed by atoms with E-state index in [1.165, 1.54) is 0 Å². The number of alkyl halides is 3. The highest BCUT2D eigenvalue weighted by atomic mass is 19.4. The van der Waals surface area contributed by atoms with E-state index in [9.17, 15) is 18.0 Å². The van der Waals surface area contributed by atoms with E-state index < -0.39 is 12.1 Å². The number of carbonyl (C=O) groups excluding carboxylic acids is 1. The number of halogens is 3. The Balaban J connectivity index is 1.79. The van der Waals surface area contributed by atoms with Crippen LogP contribution in [0.1, 0.15) is 38.5 Å². The van der Waals surface area contributed by atoms with Gasteiger partial charge in [0.25, 0.3) is 0 Å². The number of nitrogens with zero attached hydrogens (tertiary/aromatic N) is 1. The van der Waals surface area contributed by atoms with Gasteiger partial charge in [0.2, 0.25) is 5.91 Å². The Kier molecular flexibility index (Phi) is 5.74. The molecule has 0 radical (unpaired) electrons. The highest BCUT2D eigenvalue weighted by Crippen LogP contribution is 2.37. The van der Waals surface area contributed by atoms with Gasteiger partial charge in [-0.15, -0.1) is 6.42 Å². The van der Waals surface area contributed by atoms with Crippen molar-refractivity contribution in [3.8, 4) is 12.3 Å². The van der Waals surface area contributed by atoms with Crippen LogP contribution in [-0.2, 0) is 4.79 Å². The molecular formula is C16H23F3N2O. The maximum absolute atomic E-state index is 12.8. The number of carbonyl (C=O) groups is 1. The monoisotopic (exact) mass is 316 g/mol. The molecule has 0 aromatic heterocycles. The number of amides is 1. The molecular weight excluding hydrogens is 293 g/mol. The van der Waals surface area contributed by atoms with Gasteiger partial charge in [-0.3, -0.25) is 9.69 Å². The molecule has 1 amide bonds. The Bertz CT molecular complexity index is 422. The summed E-state index contributed by atoms with van der Waals surface area (Å²) in [5, 5.41) is 2.84. The summed E-state index contributed by atoms with van der Waals surface area (Å²) >= 11 is 0. The molecule has 0 spiro atoms. The first kappa shape index (κ1) is 17.1. The van der Waals surface area contributed by atoms with Crippen LogP contribution in [0.4, 0.5) is 13.2 Å². The molecule has 6 heteroatoms. The molecule has 1 aliphatic heterocycles. The van der Waals surface area contributed by atoms with E-state index in [2.05, 4.69) is 16.1 Å².